The molecule has 0 radical (unpaired) electrons. The van der Waals surface area contributed by atoms with Crippen molar-refractivity contribution in [3.63, 3.8) is 0 Å². The summed E-state index contributed by atoms with van der Waals surface area (Å²) in [5.74, 6) is -0.211. The van der Waals surface area contributed by atoms with Crippen LogP contribution in [0.25, 0.3) is 0 Å². The van der Waals surface area contributed by atoms with Crippen LogP contribution in [0.5, 0.6) is 0 Å². The Morgan fingerprint density at radius 1 is 1.26 bits per heavy atom. The van der Waals surface area contributed by atoms with Gasteiger partial charge in [0.05, 0.1) is 5.54 Å². The number of nitrogens with zero attached hydrogens (tertiary/aromatic N) is 1. The molecule has 1 aliphatic heterocycles. The highest BCUT2D eigenvalue weighted by atomic mass is 16.1. The van der Waals surface area contributed by atoms with E-state index in [2.05, 4.69) is 24.1 Å². The number of hydrogen-bond acceptors (Lipinski definition) is 3. The van der Waals surface area contributed by atoms with Crippen LogP contribution in [0, 0.1) is 0 Å². The molecule has 1 heterocycles. The third-order valence-corrected chi connectivity index (χ3v) is 4.89. The summed E-state index contributed by atoms with van der Waals surface area (Å²) in [7, 11) is 0. The van der Waals surface area contributed by atoms with Gasteiger partial charge in [-0.25, -0.2) is 0 Å². The molecule has 3 N–H and O–H groups in total. The first-order valence-electron chi connectivity index (χ1n) is 7.76. The smallest absolute Gasteiger partial charge is 0.237 e. The lowest BCUT2D eigenvalue weighted by Gasteiger charge is -2.41. The molecule has 4 nitrogen and oxygen atoms in total. The molecular weight excluding hydrogens is 238 g/mol. The van der Waals surface area contributed by atoms with Crippen LogP contribution >= 0.6 is 0 Å². The second-order valence-electron chi connectivity index (χ2n) is 6.73. The number of carbonyl (C=O) groups is 1. The van der Waals surface area contributed by atoms with Crippen LogP contribution in [-0.2, 0) is 4.79 Å². The highest BCUT2D eigenvalue weighted by molar-refractivity contribution is 5.84. The van der Waals surface area contributed by atoms with Gasteiger partial charge in [0.1, 0.15) is 0 Å². The summed E-state index contributed by atoms with van der Waals surface area (Å²) in [6.07, 6.45) is 7.04. The Hall–Kier alpha value is -0.610. The number of rotatable bonds is 6. The van der Waals surface area contributed by atoms with Crippen LogP contribution in [0.4, 0.5) is 0 Å². The largest absolute Gasteiger partial charge is 0.368 e. The maximum atomic E-state index is 11.8. The van der Waals surface area contributed by atoms with E-state index < -0.39 is 5.54 Å². The van der Waals surface area contributed by atoms with E-state index in [1.165, 1.54) is 32.1 Å². The number of nitrogens with two attached hydrogens (primary N) is 1. The maximum Gasteiger partial charge on any atom is 0.237 e. The van der Waals surface area contributed by atoms with Gasteiger partial charge in [0, 0.05) is 24.7 Å². The van der Waals surface area contributed by atoms with E-state index in [1.807, 2.05) is 6.92 Å². The molecule has 0 aromatic rings. The fraction of sp³-hybridized carbons (Fsp3) is 0.933. The Balaban J connectivity index is 1.91. The van der Waals surface area contributed by atoms with E-state index in [-0.39, 0.29) is 5.91 Å². The summed E-state index contributed by atoms with van der Waals surface area (Å²) in [6, 6.07) is 1.76. The first kappa shape index (κ1) is 14.8. The van der Waals surface area contributed by atoms with Crippen molar-refractivity contribution in [1.29, 1.82) is 0 Å². The minimum atomic E-state index is -0.544. The summed E-state index contributed by atoms with van der Waals surface area (Å²) in [5.41, 5.74) is 5.07. The van der Waals surface area contributed by atoms with Crippen molar-refractivity contribution in [3.8, 4) is 0 Å². The van der Waals surface area contributed by atoms with Crippen LogP contribution in [0.2, 0.25) is 0 Å². The summed E-state index contributed by atoms with van der Waals surface area (Å²) in [5, 5.41) is 3.43. The van der Waals surface area contributed by atoms with Crippen molar-refractivity contribution in [1.82, 2.24) is 10.2 Å². The summed E-state index contributed by atoms with van der Waals surface area (Å²) >= 11 is 0. The van der Waals surface area contributed by atoms with Gasteiger partial charge < -0.3 is 11.1 Å². The van der Waals surface area contributed by atoms with E-state index in [4.69, 9.17) is 5.73 Å². The minimum Gasteiger partial charge on any atom is -0.368 e. The molecule has 2 rings (SSSR count). The summed E-state index contributed by atoms with van der Waals surface area (Å²) in [4.78, 5) is 14.3. The van der Waals surface area contributed by atoms with Gasteiger partial charge in [0.2, 0.25) is 5.91 Å². The first-order chi connectivity index (χ1) is 8.92. The second-order valence-corrected chi connectivity index (χ2v) is 6.73. The predicted molar refractivity (Wildman–Crippen MR) is 77.9 cm³/mol. The highest BCUT2D eigenvalue weighted by Crippen LogP contribution is 2.27. The molecule has 2 aliphatic rings. The monoisotopic (exact) mass is 267 g/mol. The van der Waals surface area contributed by atoms with Gasteiger partial charge in [0.25, 0.3) is 0 Å². The number of hydrogen-bond donors (Lipinski definition) is 2. The van der Waals surface area contributed by atoms with Crippen molar-refractivity contribution in [2.45, 2.75) is 83.0 Å². The Morgan fingerprint density at radius 2 is 1.84 bits per heavy atom. The van der Waals surface area contributed by atoms with Crippen LogP contribution in [0.1, 0.15) is 59.3 Å². The SMILES string of the molecule is C[C@@H]1CCC[C@H](C)N1CCC(C)(NC1CC1)C(N)=O. The number of nitrogens with one attached hydrogen (secondary N) is 1. The molecule has 110 valence electrons. The Labute approximate surface area is 117 Å². The zero-order valence-electron chi connectivity index (χ0n) is 12.6. The van der Waals surface area contributed by atoms with Gasteiger partial charge in [0.15, 0.2) is 0 Å². The van der Waals surface area contributed by atoms with Crippen LogP contribution in [0.3, 0.4) is 0 Å². The van der Waals surface area contributed by atoms with Crippen LogP contribution in [0.15, 0.2) is 0 Å². The topological polar surface area (TPSA) is 58.4 Å². The standard InChI is InChI=1S/C15H29N3O/c1-11-5-4-6-12(2)18(11)10-9-15(3,14(16)19)17-13-7-8-13/h11-13,17H,4-10H2,1-3H3,(H2,16,19)/t11-,12+,15?. The minimum absolute atomic E-state index is 0.211. The molecule has 0 aromatic heterocycles. The molecule has 1 amide bonds. The third-order valence-electron chi connectivity index (χ3n) is 4.89. The molecule has 19 heavy (non-hydrogen) atoms. The molecule has 4 heteroatoms. The van der Waals surface area contributed by atoms with E-state index in [9.17, 15) is 4.79 Å². The fourth-order valence-electron chi connectivity index (χ4n) is 3.21. The summed E-state index contributed by atoms with van der Waals surface area (Å²) < 4.78 is 0. The highest BCUT2D eigenvalue weighted by Gasteiger charge is 2.38. The quantitative estimate of drug-likeness (QED) is 0.769. The third kappa shape index (κ3) is 3.69. The van der Waals surface area contributed by atoms with Crippen molar-refractivity contribution in [3.05, 3.63) is 0 Å². The van der Waals surface area contributed by atoms with E-state index >= 15 is 0 Å². The summed E-state index contributed by atoms with van der Waals surface area (Å²) in [6.45, 7) is 7.52. The van der Waals surface area contributed by atoms with Gasteiger partial charge in [-0.15, -0.1) is 0 Å². The molecule has 0 aromatic carbocycles. The molecule has 1 saturated heterocycles. The lowest BCUT2D eigenvalue weighted by molar-refractivity contribution is -0.124. The molecule has 0 bridgehead atoms. The molecule has 0 spiro atoms. The van der Waals surface area contributed by atoms with E-state index in [0.29, 0.717) is 18.1 Å². The fourth-order valence-corrected chi connectivity index (χ4v) is 3.21. The Bertz CT molecular complexity index is 319. The van der Waals surface area contributed by atoms with Gasteiger partial charge in [-0.3, -0.25) is 9.69 Å². The van der Waals surface area contributed by atoms with Gasteiger partial charge in [-0.2, -0.15) is 0 Å². The van der Waals surface area contributed by atoms with Crippen LogP contribution in [-0.4, -0.2) is 41.0 Å². The molecule has 1 saturated carbocycles. The van der Waals surface area contributed by atoms with E-state index in [1.54, 1.807) is 0 Å². The molecular formula is C15H29N3O. The number of primary amides is 1. The van der Waals surface area contributed by atoms with Crippen molar-refractivity contribution >= 4 is 5.91 Å². The second kappa shape index (κ2) is 5.80. The zero-order chi connectivity index (χ0) is 14.0. The Morgan fingerprint density at radius 3 is 2.32 bits per heavy atom. The number of amides is 1. The Kier molecular flexibility index (Phi) is 4.51. The first-order valence-corrected chi connectivity index (χ1v) is 7.76. The average Bonchev–Trinajstić information content (AvgIpc) is 3.12. The van der Waals surface area contributed by atoms with Gasteiger partial charge >= 0.3 is 0 Å². The number of carbonyl (C=O) groups excluding carboxylic acids is 1. The molecule has 3 atom stereocenters. The molecule has 2 fully saturated rings. The van der Waals surface area contributed by atoms with E-state index in [0.717, 1.165) is 13.0 Å². The zero-order valence-corrected chi connectivity index (χ0v) is 12.6. The van der Waals surface area contributed by atoms with Crippen molar-refractivity contribution in [2.75, 3.05) is 6.54 Å². The van der Waals surface area contributed by atoms with Gasteiger partial charge in [-0.05, 0) is 52.9 Å². The van der Waals surface area contributed by atoms with Crippen molar-refractivity contribution in [2.24, 2.45) is 5.73 Å². The number of likely N-dealkylation sites (tertiary alicyclic amines) is 1. The van der Waals surface area contributed by atoms with Crippen LogP contribution < -0.4 is 11.1 Å². The van der Waals surface area contributed by atoms with Gasteiger partial charge in [-0.1, -0.05) is 6.42 Å². The lowest BCUT2D eigenvalue weighted by Crippen LogP contribution is -2.56. The number of piperidine rings is 1. The molecule has 1 unspecified atom stereocenters. The molecule has 1 aliphatic carbocycles. The average molecular weight is 267 g/mol. The van der Waals surface area contributed by atoms with Crippen molar-refractivity contribution < 1.29 is 4.79 Å². The normalized spacial score (nSPS) is 31.9. The lowest BCUT2D eigenvalue weighted by atomic mass is 9.92. The maximum absolute atomic E-state index is 11.8. The predicted octanol–water partition coefficient (Wildman–Crippen LogP) is 1.64.